The molecule has 0 aromatic carbocycles. The molecule has 1 aromatic rings. The van der Waals surface area contributed by atoms with Crippen LogP contribution in [-0.4, -0.2) is 73.6 Å². The summed E-state index contributed by atoms with van der Waals surface area (Å²) in [5, 5.41) is 3.30. The summed E-state index contributed by atoms with van der Waals surface area (Å²) in [5.74, 6) is 1.29. The van der Waals surface area contributed by atoms with Crippen LogP contribution in [0.4, 0.5) is 5.82 Å². The van der Waals surface area contributed by atoms with Crippen LogP contribution in [0.5, 0.6) is 0 Å². The topological polar surface area (TPSA) is 51.7 Å². The lowest BCUT2D eigenvalue weighted by molar-refractivity contribution is -0.133. The Bertz CT molecular complexity index is 516. The van der Waals surface area contributed by atoms with Crippen molar-refractivity contribution in [3.8, 4) is 0 Å². The van der Waals surface area contributed by atoms with Crippen LogP contribution < -0.4 is 10.2 Å². The molecule has 1 unspecified atom stereocenters. The molecule has 23 heavy (non-hydrogen) atoms. The molecular formula is C17H27N5O. The Morgan fingerprint density at radius 2 is 2.09 bits per heavy atom. The van der Waals surface area contributed by atoms with E-state index in [1.54, 1.807) is 0 Å². The largest absolute Gasteiger partial charge is 0.353 e. The number of aromatic nitrogens is 1. The maximum absolute atomic E-state index is 12.4. The Morgan fingerprint density at radius 3 is 2.65 bits per heavy atom. The molecule has 2 aliphatic heterocycles. The highest BCUT2D eigenvalue weighted by Crippen LogP contribution is 2.16. The van der Waals surface area contributed by atoms with E-state index in [0.717, 1.165) is 57.9 Å². The smallest absolute Gasteiger partial charge is 0.239 e. The summed E-state index contributed by atoms with van der Waals surface area (Å²) in [6, 6.07) is 4.28. The predicted molar refractivity (Wildman–Crippen MR) is 91.4 cm³/mol. The maximum atomic E-state index is 12.4. The second-order valence-electron chi connectivity index (χ2n) is 6.72. The van der Waals surface area contributed by atoms with E-state index < -0.39 is 0 Å². The van der Waals surface area contributed by atoms with Gasteiger partial charge in [-0.05, 0) is 45.1 Å². The van der Waals surface area contributed by atoms with Gasteiger partial charge in [-0.3, -0.25) is 4.79 Å². The van der Waals surface area contributed by atoms with Crippen molar-refractivity contribution in [1.29, 1.82) is 0 Å². The zero-order valence-corrected chi connectivity index (χ0v) is 14.2. The average Bonchev–Trinajstić information content (AvgIpc) is 3.09. The second-order valence-corrected chi connectivity index (χ2v) is 6.72. The average molecular weight is 317 g/mol. The monoisotopic (exact) mass is 317 g/mol. The van der Waals surface area contributed by atoms with Gasteiger partial charge in [-0.2, -0.15) is 0 Å². The van der Waals surface area contributed by atoms with Crippen molar-refractivity contribution in [3.63, 3.8) is 0 Å². The highest BCUT2D eigenvalue weighted by atomic mass is 16.2. The number of anilines is 1. The predicted octanol–water partition coefficient (Wildman–Crippen LogP) is 0.544. The zero-order chi connectivity index (χ0) is 16.2. The number of hydrogen-bond donors (Lipinski definition) is 1. The van der Waals surface area contributed by atoms with Crippen LogP contribution in [0.2, 0.25) is 0 Å². The van der Waals surface area contributed by atoms with E-state index in [9.17, 15) is 4.79 Å². The Morgan fingerprint density at radius 1 is 1.30 bits per heavy atom. The van der Waals surface area contributed by atoms with Crippen molar-refractivity contribution in [3.05, 3.63) is 23.9 Å². The van der Waals surface area contributed by atoms with E-state index in [1.807, 2.05) is 11.1 Å². The van der Waals surface area contributed by atoms with Crippen LogP contribution in [0.3, 0.4) is 0 Å². The van der Waals surface area contributed by atoms with Crippen molar-refractivity contribution >= 4 is 11.7 Å². The molecule has 0 spiro atoms. The quantitative estimate of drug-likeness (QED) is 0.879. The molecule has 3 rings (SSSR count). The van der Waals surface area contributed by atoms with Gasteiger partial charge in [-0.15, -0.1) is 0 Å². The van der Waals surface area contributed by atoms with Crippen LogP contribution >= 0.6 is 0 Å². The standard InChI is InChI=1S/C17H27N5O/c1-20(2)13-14-5-6-16(19-12-14)21-8-10-22(11-9-21)17(23)15-4-3-7-18-15/h5-6,12,15,18H,3-4,7-11,13H2,1-2H3. The number of hydrogen-bond acceptors (Lipinski definition) is 5. The highest BCUT2D eigenvalue weighted by molar-refractivity contribution is 5.82. The first kappa shape index (κ1) is 16.2. The number of amides is 1. The fourth-order valence-electron chi connectivity index (χ4n) is 3.33. The molecule has 0 bridgehead atoms. The van der Waals surface area contributed by atoms with Gasteiger partial charge in [-0.25, -0.2) is 4.98 Å². The first-order chi connectivity index (χ1) is 11.1. The molecule has 2 fully saturated rings. The van der Waals surface area contributed by atoms with Crippen molar-refractivity contribution in [2.45, 2.75) is 25.4 Å². The van der Waals surface area contributed by atoms with Crippen LogP contribution in [0.15, 0.2) is 18.3 Å². The van der Waals surface area contributed by atoms with Crippen molar-refractivity contribution in [1.82, 2.24) is 20.1 Å². The molecule has 1 amide bonds. The minimum Gasteiger partial charge on any atom is -0.353 e. The second kappa shape index (κ2) is 7.27. The van der Waals surface area contributed by atoms with E-state index in [0.29, 0.717) is 0 Å². The molecule has 3 heterocycles. The Hall–Kier alpha value is -1.66. The Labute approximate surface area is 138 Å². The van der Waals surface area contributed by atoms with Gasteiger partial charge in [0.15, 0.2) is 0 Å². The minimum atomic E-state index is 0.0463. The van der Waals surface area contributed by atoms with Crippen molar-refractivity contribution in [2.75, 3.05) is 51.7 Å². The molecule has 2 aliphatic rings. The summed E-state index contributed by atoms with van der Waals surface area (Å²) in [6.07, 6.45) is 4.04. The summed E-state index contributed by atoms with van der Waals surface area (Å²) in [7, 11) is 4.12. The normalized spacial score (nSPS) is 22.0. The fraction of sp³-hybridized carbons (Fsp3) is 0.647. The lowest BCUT2D eigenvalue weighted by Gasteiger charge is -2.36. The number of carbonyl (C=O) groups excluding carboxylic acids is 1. The molecule has 2 saturated heterocycles. The zero-order valence-electron chi connectivity index (χ0n) is 14.2. The molecule has 6 heteroatoms. The number of nitrogens with one attached hydrogen (secondary N) is 1. The van der Waals surface area contributed by atoms with E-state index in [1.165, 1.54) is 5.56 Å². The van der Waals surface area contributed by atoms with Gasteiger partial charge in [0.2, 0.25) is 5.91 Å². The first-order valence-electron chi connectivity index (χ1n) is 8.50. The summed E-state index contributed by atoms with van der Waals surface area (Å²) in [5.41, 5.74) is 1.22. The number of rotatable bonds is 4. The molecule has 0 aliphatic carbocycles. The summed E-state index contributed by atoms with van der Waals surface area (Å²) in [4.78, 5) is 23.4. The van der Waals surface area contributed by atoms with Crippen molar-refractivity contribution < 1.29 is 4.79 Å². The molecule has 1 aromatic heterocycles. The van der Waals surface area contributed by atoms with Gasteiger partial charge in [0.05, 0.1) is 6.04 Å². The summed E-state index contributed by atoms with van der Waals surface area (Å²) >= 11 is 0. The third-order valence-corrected chi connectivity index (χ3v) is 4.58. The molecule has 1 N–H and O–H groups in total. The maximum Gasteiger partial charge on any atom is 0.239 e. The lowest BCUT2D eigenvalue weighted by Crippen LogP contribution is -2.53. The van der Waals surface area contributed by atoms with E-state index in [-0.39, 0.29) is 11.9 Å². The molecule has 1 atom stereocenters. The van der Waals surface area contributed by atoms with Gasteiger partial charge >= 0.3 is 0 Å². The number of nitrogens with zero attached hydrogens (tertiary/aromatic N) is 4. The number of pyridine rings is 1. The van der Waals surface area contributed by atoms with Crippen LogP contribution in [0.1, 0.15) is 18.4 Å². The SMILES string of the molecule is CN(C)Cc1ccc(N2CCN(C(=O)C3CCCN3)CC2)nc1. The Balaban J connectivity index is 1.53. The van der Waals surface area contributed by atoms with Crippen molar-refractivity contribution in [2.24, 2.45) is 0 Å². The van der Waals surface area contributed by atoms with Gasteiger partial charge in [0, 0.05) is 38.9 Å². The third kappa shape index (κ3) is 4.00. The number of carbonyl (C=O) groups is 1. The lowest BCUT2D eigenvalue weighted by atomic mass is 10.2. The third-order valence-electron chi connectivity index (χ3n) is 4.58. The van der Waals surface area contributed by atoms with Gasteiger partial charge in [0.1, 0.15) is 5.82 Å². The van der Waals surface area contributed by atoms with E-state index in [4.69, 9.17) is 0 Å². The fourth-order valence-corrected chi connectivity index (χ4v) is 3.33. The van der Waals surface area contributed by atoms with E-state index in [2.05, 4.69) is 46.3 Å². The molecular weight excluding hydrogens is 290 g/mol. The van der Waals surface area contributed by atoms with Crippen LogP contribution in [0.25, 0.3) is 0 Å². The Kier molecular flexibility index (Phi) is 5.13. The van der Waals surface area contributed by atoms with Gasteiger partial charge in [0.25, 0.3) is 0 Å². The first-order valence-corrected chi connectivity index (χ1v) is 8.50. The summed E-state index contributed by atoms with van der Waals surface area (Å²) in [6.45, 7) is 5.18. The van der Waals surface area contributed by atoms with Gasteiger partial charge < -0.3 is 20.0 Å². The van der Waals surface area contributed by atoms with Crippen LogP contribution in [0, 0.1) is 0 Å². The highest BCUT2D eigenvalue weighted by Gasteiger charge is 2.29. The molecule has 6 nitrogen and oxygen atoms in total. The summed E-state index contributed by atoms with van der Waals surface area (Å²) < 4.78 is 0. The van der Waals surface area contributed by atoms with Gasteiger partial charge in [-0.1, -0.05) is 6.07 Å². The molecule has 126 valence electrons. The molecule has 0 saturated carbocycles. The molecule has 0 radical (unpaired) electrons. The van der Waals surface area contributed by atoms with E-state index >= 15 is 0 Å². The number of piperazine rings is 1. The minimum absolute atomic E-state index is 0.0463. The van der Waals surface area contributed by atoms with Crippen LogP contribution in [-0.2, 0) is 11.3 Å².